The SMILES string of the molecule is CCCCOCCOC(=O)[C@H]1[C@@H](C=C(C)C)C1(C)C. The van der Waals surface area contributed by atoms with E-state index in [0.29, 0.717) is 19.1 Å². The fourth-order valence-electron chi connectivity index (χ4n) is 2.44. The van der Waals surface area contributed by atoms with Crippen LogP contribution in [-0.2, 0) is 14.3 Å². The highest BCUT2D eigenvalue weighted by Crippen LogP contribution is 2.59. The van der Waals surface area contributed by atoms with Gasteiger partial charge in [0.05, 0.1) is 12.5 Å². The Morgan fingerprint density at radius 2 is 1.89 bits per heavy atom. The molecule has 1 aliphatic carbocycles. The standard InChI is InChI=1S/C16H28O3/c1-6-7-8-18-9-10-19-15(17)14-13(11-12(2)3)16(14,4)5/h11,13-14H,6-10H2,1-5H3/t13-,14-/m1/s1. The van der Waals surface area contributed by atoms with E-state index >= 15 is 0 Å². The molecule has 0 aromatic carbocycles. The number of esters is 1. The molecule has 0 spiro atoms. The molecule has 0 aliphatic heterocycles. The van der Waals surface area contributed by atoms with E-state index in [1.165, 1.54) is 5.57 Å². The van der Waals surface area contributed by atoms with Gasteiger partial charge in [0.2, 0.25) is 0 Å². The van der Waals surface area contributed by atoms with Crippen LogP contribution in [0.3, 0.4) is 0 Å². The van der Waals surface area contributed by atoms with Gasteiger partial charge < -0.3 is 9.47 Å². The smallest absolute Gasteiger partial charge is 0.310 e. The number of unbranched alkanes of at least 4 members (excludes halogenated alkanes) is 1. The van der Waals surface area contributed by atoms with Crippen LogP contribution in [0.5, 0.6) is 0 Å². The molecule has 0 bridgehead atoms. The van der Waals surface area contributed by atoms with Gasteiger partial charge in [0.25, 0.3) is 0 Å². The van der Waals surface area contributed by atoms with Gasteiger partial charge in [0.1, 0.15) is 6.61 Å². The van der Waals surface area contributed by atoms with Crippen molar-refractivity contribution in [2.75, 3.05) is 19.8 Å². The minimum Gasteiger partial charge on any atom is -0.463 e. The molecule has 0 heterocycles. The second kappa shape index (κ2) is 7.09. The summed E-state index contributed by atoms with van der Waals surface area (Å²) in [6.07, 6.45) is 4.37. The molecule has 0 saturated heterocycles. The molecule has 0 radical (unpaired) electrons. The van der Waals surface area contributed by atoms with E-state index in [9.17, 15) is 4.79 Å². The molecule has 110 valence electrons. The van der Waals surface area contributed by atoms with Crippen LogP contribution in [0.15, 0.2) is 11.6 Å². The largest absolute Gasteiger partial charge is 0.463 e. The number of allylic oxidation sites excluding steroid dienone is 2. The summed E-state index contributed by atoms with van der Waals surface area (Å²) in [4.78, 5) is 12.0. The third kappa shape index (κ3) is 4.64. The molecule has 1 fully saturated rings. The molecule has 1 aliphatic rings. The minimum absolute atomic E-state index is 0.0121. The number of hydrogen-bond donors (Lipinski definition) is 0. The summed E-state index contributed by atoms with van der Waals surface area (Å²) in [5.74, 6) is 0.260. The Balaban J connectivity index is 2.26. The van der Waals surface area contributed by atoms with Crippen LogP contribution in [0.25, 0.3) is 0 Å². The maximum absolute atomic E-state index is 12.0. The molecule has 0 unspecified atom stereocenters. The molecule has 1 saturated carbocycles. The van der Waals surface area contributed by atoms with Gasteiger partial charge in [-0.2, -0.15) is 0 Å². The van der Waals surface area contributed by atoms with Crippen molar-refractivity contribution in [2.45, 2.75) is 47.5 Å². The average Bonchev–Trinajstić information content (AvgIpc) is 2.84. The number of rotatable bonds is 8. The normalized spacial score (nSPS) is 23.8. The van der Waals surface area contributed by atoms with Crippen molar-refractivity contribution in [2.24, 2.45) is 17.3 Å². The van der Waals surface area contributed by atoms with Crippen molar-refractivity contribution in [3.05, 3.63) is 11.6 Å². The quantitative estimate of drug-likeness (QED) is 0.383. The monoisotopic (exact) mass is 268 g/mol. The zero-order valence-electron chi connectivity index (χ0n) is 13.0. The third-order valence-electron chi connectivity index (χ3n) is 3.79. The van der Waals surface area contributed by atoms with E-state index in [0.717, 1.165) is 19.4 Å². The highest BCUT2D eigenvalue weighted by atomic mass is 16.6. The van der Waals surface area contributed by atoms with Crippen LogP contribution in [-0.4, -0.2) is 25.8 Å². The van der Waals surface area contributed by atoms with Crippen molar-refractivity contribution in [3.8, 4) is 0 Å². The Bertz CT molecular complexity index is 327. The van der Waals surface area contributed by atoms with Crippen molar-refractivity contribution < 1.29 is 14.3 Å². The van der Waals surface area contributed by atoms with Crippen LogP contribution in [0.2, 0.25) is 0 Å². The fourth-order valence-corrected chi connectivity index (χ4v) is 2.44. The molecule has 0 aromatic rings. The van der Waals surface area contributed by atoms with E-state index in [1.807, 2.05) is 0 Å². The zero-order chi connectivity index (χ0) is 14.5. The molecule has 2 atom stereocenters. The maximum atomic E-state index is 12.0. The highest BCUT2D eigenvalue weighted by Gasteiger charge is 2.61. The van der Waals surface area contributed by atoms with Gasteiger partial charge in [-0.3, -0.25) is 4.79 Å². The van der Waals surface area contributed by atoms with Crippen LogP contribution < -0.4 is 0 Å². The molecule has 19 heavy (non-hydrogen) atoms. The lowest BCUT2D eigenvalue weighted by molar-refractivity contribution is -0.147. The van der Waals surface area contributed by atoms with Crippen LogP contribution >= 0.6 is 0 Å². The molecule has 1 rings (SSSR count). The summed E-state index contributed by atoms with van der Waals surface area (Å²) in [6, 6.07) is 0. The first kappa shape index (κ1) is 16.2. The molecule has 0 N–H and O–H groups in total. The highest BCUT2D eigenvalue weighted by molar-refractivity contribution is 5.78. The predicted octanol–water partition coefficient (Wildman–Crippen LogP) is 3.58. The molecular formula is C16H28O3. The summed E-state index contributed by atoms with van der Waals surface area (Å²) in [7, 11) is 0. The lowest BCUT2D eigenvalue weighted by atomic mass is 10.1. The number of hydrogen-bond acceptors (Lipinski definition) is 3. The van der Waals surface area contributed by atoms with Crippen molar-refractivity contribution in [1.82, 2.24) is 0 Å². The Hall–Kier alpha value is -0.830. The second-order valence-electron chi connectivity index (χ2n) is 6.20. The van der Waals surface area contributed by atoms with E-state index in [2.05, 4.69) is 40.7 Å². The predicted molar refractivity (Wildman–Crippen MR) is 76.9 cm³/mol. The van der Waals surface area contributed by atoms with Gasteiger partial charge in [-0.25, -0.2) is 0 Å². The molecule has 0 amide bonds. The first-order valence-corrected chi connectivity index (χ1v) is 7.30. The Kier molecular flexibility index (Phi) is 6.05. The van der Waals surface area contributed by atoms with Crippen molar-refractivity contribution in [3.63, 3.8) is 0 Å². The van der Waals surface area contributed by atoms with Gasteiger partial charge in [-0.1, -0.05) is 38.8 Å². The van der Waals surface area contributed by atoms with E-state index < -0.39 is 0 Å². The van der Waals surface area contributed by atoms with Crippen LogP contribution in [0.4, 0.5) is 0 Å². The Morgan fingerprint density at radius 1 is 1.21 bits per heavy atom. The van der Waals surface area contributed by atoms with Crippen molar-refractivity contribution in [1.29, 1.82) is 0 Å². The van der Waals surface area contributed by atoms with Gasteiger partial charge in [-0.15, -0.1) is 0 Å². The third-order valence-corrected chi connectivity index (χ3v) is 3.79. The van der Waals surface area contributed by atoms with E-state index in [4.69, 9.17) is 9.47 Å². The number of carbonyl (C=O) groups excluding carboxylic acids is 1. The maximum Gasteiger partial charge on any atom is 0.310 e. The topological polar surface area (TPSA) is 35.5 Å². The number of carbonyl (C=O) groups is 1. The Labute approximate surface area is 117 Å². The van der Waals surface area contributed by atoms with E-state index in [-0.39, 0.29) is 17.3 Å². The first-order valence-electron chi connectivity index (χ1n) is 7.30. The van der Waals surface area contributed by atoms with Gasteiger partial charge in [0, 0.05) is 6.61 Å². The summed E-state index contributed by atoms with van der Waals surface area (Å²) >= 11 is 0. The summed E-state index contributed by atoms with van der Waals surface area (Å²) in [5.41, 5.74) is 1.30. The van der Waals surface area contributed by atoms with Crippen LogP contribution in [0.1, 0.15) is 47.5 Å². The Morgan fingerprint density at radius 3 is 2.47 bits per heavy atom. The molecule has 3 heteroatoms. The lowest BCUT2D eigenvalue weighted by Gasteiger charge is -2.06. The van der Waals surface area contributed by atoms with Gasteiger partial charge in [0.15, 0.2) is 0 Å². The summed E-state index contributed by atoms with van der Waals surface area (Å²) in [5, 5.41) is 0. The molecular weight excluding hydrogens is 240 g/mol. The summed E-state index contributed by atoms with van der Waals surface area (Å²) in [6.45, 7) is 12.1. The first-order chi connectivity index (χ1) is 8.91. The molecule has 3 nitrogen and oxygen atoms in total. The van der Waals surface area contributed by atoms with Crippen molar-refractivity contribution >= 4 is 5.97 Å². The molecule has 0 aromatic heterocycles. The average molecular weight is 268 g/mol. The fraction of sp³-hybridized carbons (Fsp3) is 0.812. The van der Waals surface area contributed by atoms with E-state index in [1.54, 1.807) is 0 Å². The number of ether oxygens (including phenoxy) is 2. The zero-order valence-corrected chi connectivity index (χ0v) is 13.0. The lowest BCUT2D eigenvalue weighted by Crippen LogP contribution is -2.14. The van der Waals surface area contributed by atoms with Gasteiger partial charge in [-0.05, 0) is 31.6 Å². The second-order valence-corrected chi connectivity index (χ2v) is 6.20. The van der Waals surface area contributed by atoms with Gasteiger partial charge >= 0.3 is 5.97 Å². The summed E-state index contributed by atoms with van der Waals surface area (Å²) < 4.78 is 10.7. The minimum atomic E-state index is -0.0772. The van der Waals surface area contributed by atoms with Crippen LogP contribution in [0, 0.1) is 17.3 Å².